The maximum Gasteiger partial charge on any atom is 0.472 e. The molecule has 0 aliphatic heterocycles. The monoisotopic (exact) mass is 773 g/mol. The first-order chi connectivity index (χ1) is 25.5. The molecule has 1 N–H and O–H groups in total. The van der Waals surface area contributed by atoms with Gasteiger partial charge in [-0.25, -0.2) is 9.36 Å². The molecule has 0 aromatic carbocycles. The predicted molar refractivity (Wildman–Crippen MR) is 220 cm³/mol. The quantitative estimate of drug-likeness (QED) is 0.0164. The third kappa shape index (κ3) is 40.0. The van der Waals surface area contributed by atoms with Crippen molar-refractivity contribution in [2.45, 2.75) is 193 Å². The summed E-state index contributed by atoms with van der Waals surface area (Å²) in [7, 11) is 1.43. The molecule has 0 saturated carbocycles. The van der Waals surface area contributed by atoms with E-state index in [4.69, 9.17) is 18.5 Å². The van der Waals surface area contributed by atoms with Crippen molar-refractivity contribution in [1.82, 2.24) is 0 Å². The summed E-state index contributed by atoms with van der Waals surface area (Å²) in [6, 6.07) is 0. The van der Waals surface area contributed by atoms with Crippen molar-refractivity contribution in [2.75, 3.05) is 47.5 Å². The van der Waals surface area contributed by atoms with Crippen molar-refractivity contribution in [3.05, 3.63) is 24.3 Å². The molecule has 0 spiro atoms. The van der Waals surface area contributed by atoms with Crippen molar-refractivity contribution in [3.8, 4) is 0 Å². The second-order valence-corrected chi connectivity index (χ2v) is 17.3. The van der Waals surface area contributed by atoms with Gasteiger partial charge in [-0.15, -0.1) is 0 Å². The third-order valence-electron chi connectivity index (χ3n) is 9.34. The molecule has 0 fully saturated rings. The summed E-state index contributed by atoms with van der Waals surface area (Å²) in [6.45, 7) is 4.31. The second-order valence-electron chi connectivity index (χ2n) is 15.8. The highest BCUT2D eigenvalue weighted by Crippen LogP contribution is 2.43. The molecule has 1 unspecified atom stereocenters. The number of rotatable bonds is 39. The van der Waals surface area contributed by atoms with Crippen molar-refractivity contribution in [3.63, 3.8) is 0 Å². The lowest BCUT2D eigenvalue weighted by Crippen LogP contribution is -2.37. The number of carbonyl (C=O) groups is 2. The average Bonchev–Trinajstić information content (AvgIpc) is 3.10. The van der Waals surface area contributed by atoms with Gasteiger partial charge in [-0.3, -0.25) is 13.8 Å². The van der Waals surface area contributed by atoms with E-state index < -0.39 is 32.5 Å². The van der Waals surface area contributed by atoms with E-state index in [1.165, 1.54) is 141 Å². The van der Waals surface area contributed by atoms with Crippen LogP contribution in [0.15, 0.2) is 24.3 Å². The number of likely N-dealkylation sites (N-methyl/N-ethyl adjacent to an activating group) is 1. The highest BCUT2D eigenvalue weighted by molar-refractivity contribution is 7.47. The fourth-order valence-corrected chi connectivity index (χ4v) is 6.66. The van der Waals surface area contributed by atoms with Crippen LogP contribution in [-0.4, -0.2) is 74.9 Å². The molecular formula is C43H83NO8P+. The number of phosphoric acid groups is 1. The van der Waals surface area contributed by atoms with Crippen LogP contribution in [0.4, 0.5) is 0 Å². The van der Waals surface area contributed by atoms with E-state index in [2.05, 4.69) is 13.8 Å². The summed E-state index contributed by atoms with van der Waals surface area (Å²) >= 11 is 0. The van der Waals surface area contributed by atoms with E-state index in [0.29, 0.717) is 11.0 Å². The Balaban J connectivity index is 4.46. The topological polar surface area (TPSA) is 108 Å². The minimum atomic E-state index is -4.39. The molecule has 0 aromatic rings. The van der Waals surface area contributed by atoms with Gasteiger partial charge >= 0.3 is 19.8 Å². The van der Waals surface area contributed by atoms with Crippen molar-refractivity contribution in [1.29, 1.82) is 0 Å². The lowest BCUT2D eigenvalue weighted by atomic mass is 10.0. The van der Waals surface area contributed by atoms with Gasteiger partial charge in [0, 0.05) is 12.5 Å². The number of phosphoric ester groups is 1. The Morgan fingerprint density at radius 3 is 1.55 bits per heavy atom. The van der Waals surface area contributed by atoms with Crippen LogP contribution in [0.2, 0.25) is 0 Å². The molecule has 9 nitrogen and oxygen atoms in total. The molecule has 10 heteroatoms. The predicted octanol–water partition coefficient (Wildman–Crippen LogP) is 12.0. The van der Waals surface area contributed by atoms with Gasteiger partial charge in [-0.05, 0) is 19.3 Å². The van der Waals surface area contributed by atoms with E-state index in [9.17, 15) is 19.0 Å². The van der Waals surface area contributed by atoms with Crippen LogP contribution in [-0.2, 0) is 32.7 Å². The Bertz CT molecular complexity index is 964. The highest BCUT2D eigenvalue weighted by atomic mass is 31.2. The SMILES string of the molecule is CCCCCCCCCCCCC/C=C/C=C/C(=O)O[C@H](COC(=O)CCCCCCCCCCCCCCCC)COP(=O)(O)OCC[N+](C)(C)C. The summed E-state index contributed by atoms with van der Waals surface area (Å²) in [4.78, 5) is 35.2. The van der Waals surface area contributed by atoms with E-state index in [1.807, 2.05) is 33.3 Å². The molecule has 0 aliphatic rings. The van der Waals surface area contributed by atoms with Crippen LogP contribution < -0.4 is 0 Å². The number of carbonyl (C=O) groups excluding carboxylic acids is 2. The molecular weight excluding hydrogens is 689 g/mol. The molecule has 0 radical (unpaired) electrons. The van der Waals surface area contributed by atoms with Crippen LogP contribution in [0.1, 0.15) is 187 Å². The number of unbranched alkanes of at least 4 members (excludes halogenated alkanes) is 24. The Morgan fingerprint density at radius 2 is 1.08 bits per heavy atom. The molecule has 0 aliphatic carbocycles. The lowest BCUT2D eigenvalue weighted by Gasteiger charge is -2.24. The zero-order chi connectivity index (χ0) is 39.3. The van der Waals surface area contributed by atoms with Crippen LogP contribution in [0, 0.1) is 0 Å². The number of nitrogens with zero attached hydrogens (tertiary/aromatic N) is 1. The minimum absolute atomic E-state index is 0.0180. The number of hydrogen-bond acceptors (Lipinski definition) is 7. The Hall–Kier alpha value is -1.51. The Labute approximate surface area is 326 Å². The van der Waals surface area contributed by atoms with Gasteiger partial charge in [-0.2, -0.15) is 0 Å². The number of allylic oxidation sites excluding steroid dienone is 3. The normalized spacial score (nSPS) is 13.8. The molecule has 0 heterocycles. The summed E-state index contributed by atoms with van der Waals surface area (Å²) in [5.74, 6) is -1.04. The van der Waals surface area contributed by atoms with Crippen molar-refractivity contribution >= 4 is 19.8 Å². The standard InChI is InChI=1S/C43H82NO8P/c1-6-8-10-12-14-16-18-20-22-24-26-28-30-32-34-36-43(46)52-41(40-51-53(47,48)50-38-37-44(3,4)5)39-49-42(45)35-33-31-29-27-25-23-21-19-17-15-13-11-9-7-2/h30,32,34,36,41H,6-29,31,33,35,37-40H2,1-5H3/p+1/b32-30+,36-34+/t41-/m1/s1. The molecule has 312 valence electrons. The van der Waals surface area contributed by atoms with Crippen LogP contribution >= 0.6 is 7.82 Å². The van der Waals surface area contributed by atoms with E-state index in [1.54, 1.807) is 6.08 Å². The summed E-state index contributed by atoms with van der Waals surface area (Å²) in [5, 5.41) is 0. The van der Waals surface area contributed by atoms with Gasteiger partial charge in [-0.1, -0.05) is 180 Å². The van der Waals surface area contributed by atoms with E-state index >= 15 is 0 Å². The molecule has 0 bridgehead atoms. The molecule has 0 saturated heterocycles. The first-order valence-electron chi connectivity index (χ1n) is 21.6. The smallest absolute Gasteiger partial charge is 0.462 e. The zero-order valence-electron chi connectivity index (χ0n) is 35.0. The Kier molecular flexibility index (Phi) is 35.1. The zero-order valence-corrected chi connectivity index (χ0v) is 35.9. The Morgan fingerprint density at radius 1 is 0.623 bits per heavy atom. The minimum Gasteiger partial charge on any atom is -0.462 e. The molecule has 53 heavy (non-hydrogen) atoms. The third-order valence-corrected chi connectivity index (χ3v) is 10.3. The second kappa shape index (κ2) is 36.1. The van der Waals surface area contributed by atoms with Crippen LogP contribution in [0.3, 0.4) is 0 Å². The van der Waals surface area contributed by atoms with Gasteiger partial charge in [0.25, 0.3) is 0 Å². The number of ether oxygens (including phenoxy) is 2. The van der Waals surface area contributed by atoms with Gasteiger partial charge in [0.2, 0.25) is 0 Å². The van der Waals surface area contributed by atoms with Crippen LogP contribution in [0.25, 0.3) is 0 Å². The van der Waals surface area contributed by atoms with Crippen molar-refractivity contribution in [2.24, 2.45) is 0 Å². The first kappa shape index (κ1) is 51.5. The highest BCUT2D eigenvalue weighted by Gasteiger charge is 2.26. The van der Waals surface area contributed by atoms with Gasteiger partial charge < -0.3 is 18.9 Å². The maximum absolute atomic E-state index is 12.6. The van der Waals surface area contributed by atoms with Gasteiger partial charge in [0.1, 0.15) is 19.8 Å². The van der Waals surface area contributed by atoms with E-state index in [-0.39, 0.29) is 19.6 Å². The maximum atomic E-state index is 12.6. The molecule has 2 atom stereocenters. The van der Waals surface area contributed by atoms with Gasteiger partial charge in [0.15, 0.2) is 6.10 Å². The lowest BCUT2D eigenvalue weighted by molar-refractivity contribution is -0.870. The number of hydrogen-bond donors (Lipinski definition) is 1. The van der Waals surface area contributed by atoms with Crippen LogP contribution in [0.5, 0.6) is 0 Å². The largest absolute Gasteiger partial charge is 0.472 e. The number of quaternary nitrogens is 1. The fourth-order valence-electron chi connectivity index (χ4n) is 5.92. The van der Waals surface area contributed by atoms with Crippen molar-refractivity contribution < 1.29 is 42.1 Å². The van der Waals surface area contributed by atoms with Gasteiger partial charge in [0.05, 0.1) is 27.7 Å². The molecule has 0 rings (SSSR count). The van der Waals surface area contributed by atoms with E-state index in [0.717, 1.165) is 32.1 Å². The molecule has 0 aromatic heterocycles. The average molecular weight is 773 g/mol. The summed E-state index contributed by atoms with van der Waals surface area (Å²) in [5.41, 5.74) is 0. The summed E-state index contributed by atoms with van der Waals surface area (Å²) < 4.78 is 34.1. The number of esters is 2. The fraction of sp³-hybridized carbons (Fsp3) is 0.860. The first-order valence-corrected chi connectivity index (χ1v) is 23.1. The summed E-state index contributed by atoms with van der Waals surface area (Å²) in [6.07, 6.45) is 38.6. The molecule has 0 amide bonds.